The van der Waals surface area contributed by atoms with Crippen LogP contribution < -0.4 is 0 Å². The molecule has 4 heteroatoms. The van der Waals surface area contributed by atoms with Crippen molar-refractivity contribution in [2.75, 3.05) is 26.8 Å². The van der Waals surface area contributed by atoms with Crippen LogP contribution in [-0.2, 0) is 14.3 Å². The predicted octanol–water partition coefficient (Wildman–Crippen LogP) is 1.05. The second kappa shape index (κ2) is 5.15. The number of rotatable bonds is 3. The highest BCUT2D eigenvalue weighted by atomic mass is 16.5. The Hall–Kier alpha value is -0.610. The lowest BCUT2D eigenvalue weighted by molar-refractivity contribution is -0.135. The van der Waals surface area contributed by atoms with Crippen LogP contribution in [0.25, 0.3) is 0 Å². The molecule has 0 aromatic carbocycles. The van der Waals surface area contributed by atoms with E-state index in [-0.39, 0.29) is 5.91 Å². The van der Waals surface area contributed by atoms with E-state index >= 15 is 0 Å². The van der Waals surface area contributed by atoms with Gasteiger partial charge in [0, 0.05) is 26.1 Å². The fraction of sp³-hybridized carbons (Fsp3) is 0.917. The number of methoxy groups -OCH3 is 1. The van der Waals surface area contributed by atoms with Gasteiger partial charge in [-0.2, -0.15) is 0 Å². The molecule has 2 fully saturated rings. The molecule has 0 unspecified atom stereocenters. The standard InChI is InChI=1S/C12H21NO3/c1-9-7-10-8-13(5-3-11(10)16-9)12(14)4-6-15-2/h9-11H,3-8H2,1-2H3/t9-,10-,11-/m0/s1. The Balaban J connectivity index is 1.83. The number of likely N-dealkylation sites (tertiary alicyclic amines) is 1. The molecule has 16 heavy (non-hydrogen) atoms. The smallest absolute Gasteiger partial charge is 0.224 e. The molecule has 0 N–H and O–H groups in total. The molecule has 3 atom stereocenters. The number of hydrogen-bond acceptors (Lipinski definition) is 3. The van der Waals surface area contributed by atoms with Gasteiger partial charge in [-0.1, -0.05) is 0 Å². The fourth-order valence-electron chi connectivity index (χ4n) is 2.77. The van der Waals surface area contributed by atoms with Crippen molar-refractivity contribution in [3.05, 3.63) is 0 Å². The zero-order valence-electron chi connectivity index (χ0n) is 10.1. The van der Waals surface area contributed by atoms with Crippen molar-refractivity contribution in [3.63, 3.8) is 0 Å². The van der Waals surface area contributed by atoms with Gasteiger partial charge < -0.3 is 14.4 Å². The Bertz CT molecular complexity index is 257. The summed E-state index contributed by atoms with van der Waals surface area (Å²) in [4.78, 5) is 13.8. The van der Waals surface area contributed by atoms with Gasteiger partial charge in [0.2, 0.25) is 5.91 Å². The van der Waals surface area contributed by atoms with Crippen LogP contribution >= 0.6 is 0 Å². The number of carbonyl (C=O) groups is 1. The van der Waals surface area contributed by atoms with Crippen molar-refractivity contribution < 1.29 is 14.3 Å². The van der Waals surface area contributed by atoms with Crippen molar-refractivity contribution in [3.8, 4) is 0 Å². The summed E-state index contributed by atoms with van der Waals surface area (Å²) in [5.74, 6) is 0.773. The van der Waals surface area contributed by atoms with Crippen molar-refractivity contribution in [2.45, 2.75) is 38.4 Å². The molecular weight excluding hydrogens is 206 g/mol. The summed E-state index contributed by atoms with van der Waals surface area (Å²) in [6.07, 6.45) is 3.35. The summed E-state index contributed by atoms with van der Waals surface area (Å²) >= 11 is 0. The second-order valence-corrected chi connectivity index (χ2v) is 4.85. The Kier molecular flexibility index (Phi) is 3.82. The largest absolute Gasteiger partial charge is 0.384 e. The topological polar surface area (TPSA) is 38.8 Å². The van der Waals surface area contributed by atoms with Gasteiger partial charge in [-0.3, -0.25) is 4.79 Å². The first-order chi connectivity index (χ1) is 7.70. The molecule has 0 aromatic rings. The molecule has 4 nitrogen and oxygen atoms in total. The zero-order chi connectivity index (χ0) is 11.5. The molecule has 2 rings (SSSR count). The molecular formula is C12H21NO3. The number of fused-ring (bicyclic) bond motifs is 1. The molecule has 2 aliphatic heterocycles. The quantitative estimate of drug-likeness (QED) is 0.723. The summed E-state index contributed by atoms with van der Waals surface area (Å²) in [5.41, 5.74) is 0. The van der Waals surface area contributed by atoms with E-state index in [1.165, 1.54) is 0 Å². The Morgan fingerprint density at radius 3 is 3.12 bits per heavy atom. The van der Waals surface area contributed by atoms with Crippen molar-refractivity contribution >= 4 is 5.91 Å². The van der Waals surface area contributed by atoms with E-state index in [0.29, 0.717) is 31.2 Å². The second-order valence-electron chi connectivity index (χ2n) is 4.85. The maximum atomic E-state index is 11.8. The summed E-state index contributed by atoms with van der Waals surface area (Å²) < 4.78 is 10.7. The van der Waals surface area contributed by atoms with Gasteiger partial charge in [-0.05, 0) is 19.8 Å². The van der Waals surface area contributed by atoms with Gasteiger partial charge in [0.25, 0.3) is 0 Å². The van der Waals surface area contributed by atoms with Crippen LogP contribution in [0.3, 0.4) is 0 Å². The maximum Gasteiger partial charge on any atom is 0.224 e. The van der Waals surface area contributed by atoms with Gasteiger partial charge in [-0.15, -0.1) is 0 Å². The number of piperidine rings is 1. The normalized spacial score (nSPS) is 33.9. The molecule has 0 spiro atoms. The number of nitrogens with zero attached hydrogens (tertiary/aromatic N) is 1. The molecule has 92 valence electrons. The summed E-state index contributed by atoms with van der Waals surface area (Å²) in [5, 5.41) is 0. The lowest BCUT2D eigenvalue weighted by Gasteiger charge is -2.34. The van der Waals surface area contributed by atoms with Crippen molar-refractivity contribution in [1.82, 2.24) is 4.90 Å². The zero-order valence-corrected chi connectivity index (χ0v) is 10.1. The predicted molar refractivity (Wildman–Crippen MR) is 60.1 cm³/mol. The molecule has 2 saturated heterocycles. The molecule has 0 bridgehead atoms. The highest BCUT2D eigenvalue weighted by Crippen LogP contribution is 2.32. The minimum Gasteiger partial charge on any atom is -0.384 e. The van der Waals surface area contributed by atoms with Crippen molar-refractivity contribution in [1.29, 1.82) is 0 Å². The van der Waals surface area contributed by atoms with Crippen LogP contribution in [0.4, 0.5) is 0 Å². The average molecular weight is 227 g/mol. The minimum atomic E-state index is 0.222. The summed E-state index contributed by atoms with van der Waals surface area (Å²) in [6.45, 7) is 4.36. The molecule has 1 amide bonds. The molecule has 0 aliphatic carbocycles. The van der Waals surface area contributed by atoms with Crippen LogP contribution in [0.2, 0.25) is 0 Å². The van der Waals surface area contributed by atoms with Crippen molar-refractivity contribution in [2.24, 2.45) is 5.92 Å². The van der Waals surface area contributed by atoms with E-state index in [1.54, 1.807) is 7.11 Å². The third kappa shape index (κ3) is 2.55. The molecule has 0 saturated carbocycles. The van der Waals surface area contributed by atoms with E-state index in [9.17, 15) is 4.79 Å². The maximum absolute atomic E-state index is 11.8. The van der Waals surface area contributed by atoms with Crippen LogP contribution in [0.15, 0.2) is 0 Å². The molecule has 2 aliphatic rings. The number of amides is 1. The first-order valence-corrected chi connectivity index (χ1v) is 6.13. The van der Waals surface area contributed by atoms with Gasteiger partial charge in [0.15, 0.2) is 0 Å². The van der Waals surface area contributed by atoms with E-state index in [2.05, 4.69) is 6.92 Å². The highest BCUT2D eigenvalue weighted by molar-refractivity contribution is 5.76. The third-order valence-corrected chi connectivity index (χ3v) is 3.58. The first kappa shape index (κ1) is 11.9. The number of carbonyl (C=O) groups excluding carboxylic acids is 1. The van der Waals surface area contributed by atoms with E-state index in [0.717, 1.165) is 25.9 Å². The Labute approximate surface area is 96.9 Å². The Morgan fingerprint density at radius 1 is 1.56 bits per heavy atom. The average Bonchev–Trinajstić information content (AvgIpc) is 2.64. The number of hydrogen-bond donors (Lipinski definition) is 0. The van der Waals surface area contributed by atoms with Gasteiger partial charge >= 0.3 is 0 Å². The van der Waals surface area contributed by atoms with E-state index in [4.69, 9.17) is 9.47 Å². The monoisotopic (exact) mass is 227 g/mol. The highest BCUT2D eigenvalue weighted by Gasteiger charge is 2.38. The van der Waals surface area contributed by atoms with E-state index < -0.39 is 0 Å². The third-order valence-electron chi connectivity index (χ3n) is 3.58. The molecule has 0 aromatic heterocycles. The van der Waals surface area contributed by atoms with E-state index in [1.807, 2.05) is 4.90 Å². The lowest BCUT2D eigenvalue weighted by Crippen LogP contribution is -2.44. The SMILES string of the molecule is COCCC(=O)N1CC[C@@H]2O[C@@H](C)C[C@H]2C1. The van der Waals surface area contributed by atoms with Gasteiger partial charge in [-0.25, -0.2) is 0 Å². The summed E-state index contributed by atoms with van der Waals surface area (Å²) in [6, 6.07) is 0. The van der Waals surface area contributed by atoms with Crippen LogP contribution in [0, 0.1) is 5.92 Å². The molecule has 2 heterocycles. The summed E-state index contributed by atoms with van der Waals surface area (Å²) in [7, 11) is 1.63. The van der Waals surface area contributed by atoms with Crippen LogP contribution in [0.1, 0.15) is 26.2 Å². The lowest BCUT2D eigenvalue weighted by atomic mass is 9.93. The minimum absolute atomic E-state index is 0.222. The van der Waals surface area contributed by atoms with Gasteiger partial charge in [0.05, 0.1) is 25.2 Å². The number of ether oxygens (including phenoxy) is 2. The fourth-order valence-corrected chi connectivity index (χ4v) is 2.77. The van der Waals surface area contributed by atoms with Crippen LogP contribution in [-0.4, -0.2) is 49.8 Å². The first-order valence-electron chi connectivity index (χ1n) is 6.13. The van der Waals surface area contributed by atoms with Gasteiger partial charge in [0.1, 0.15) is 0 Å². The Morgan fingerprint density at radius 2 is 2.38 bits per heavy atom. The van der Waals surface area contributed by atoms with Crippen LogP contribution in [0.5, 0.6) is 0 Å². The molecule has 0 radical (unpaired) electrons.